The molecule has 1 heterocycles. The molecule has 1 aliphatic heterocycles. The molecule has 0 radical (unpaired) electrons. The van der Waals surface area contributed by atoms with Gasteiger partial charge in [-0.2, -0.15) is 5.06 Å². The zero-order valence-corrected chi connectivity index (χ0v) is 32.0. The van der Waals surface area contributed by atoms with Gasteiger partial charge in [-0.15, -0.1) is 0 Å². The minimum atomic E-state index is -0.837. The molecule has 50 heavy (non-hydrogen) atoms. The summed E-state index contributed by atoms with van der Waals surface area (Å²) in [7, 11) is 4.22. The van der Waals surface area contributed by atoms with Gasteiger partial charge < -0.3 is 25.5 Å². The van der Waals surface area contributed by atoms with E-state index in [9.17, 15) is 20.1 Å². The van der Waals surface area contributed by atoms with Crippen LogP contribution in [0.3, 0.4) is 0 Å². The Morgan fingerprint density at radius 2 is 1.80 bits per heavy atom. The number of nitrogens with one attached hydrogen (secondary N) is 1. The van der Waals surface area contributed by atoms with E-state index in [1.165, 1.54) is 6.42 Å². The van der Waals surface area contributed by atoms with E-state index in [-0.39, 0.29) is 24.6 Å². The average molecular weight is 693 g/mol. The molecule has 4 N–H and O–H groups in total. The first-order valence-electron chi connectivity index (χ1n) is 18.9. The van der Waals surface area contributed by atoms with Crippen molar-refractivity contribution in [3.05, 3.63) is 64.7 Å². The highest BCUT2D eigenvalue weighted by Gasteiger charge is 2.57. The lowest BCUT2D eigenvalue weighted by Crippen LogP contribution is -2.62. The number of nitrogens with zero attached hydrogens (tertiary/aromatic N) is 3. The third kappa shape index (κ3) is 8.56. The largest absolute Gasteiger partial charge is 0.508 e. The van der Waals surface area contributed by atoms with E-state index >= 15 is 0 Å². The summed E-state index contributed by atoms with van der Waals surface area (Å²) in [5, 5.41) is 37.1. The van der Waals surface area contributed by atoms with Crippen molar-refractivity contribution in [2.24, 2.45) is 35.0 Å². The summed E-state index contributed by atoms with van der Waals surface area (Å²) in [6, 6.07) is 13.8. The highest BCUT2D eigenvalue weighted by molar-refractivity contribution is 5.82. The SMILES string of the molecule is Cc1ccc(O)c(CN(Cc2cccc(CN3O[C@@H](CO)[C@@H]([C@H](C)O)[C@H]3C(=O)N[C@H]3C[C@H]4C[C@@H]([C@@H]3C)C4(C)C)c2)[C@@H](CC(C)C)CN(C)C)c1. The van der Waals surface area contributed by atoms with E-state index in [2.05, 4.69) is 95.0 Å². The van der Waals surface area contributed by atoms with Crippen LogP contribution in [0.25, 0.3) is 0 Å². The molecular weight excluding hydrogens is 628 g/mol. The number of phenols is 1. The Labute approximate surface area is 300 Å². The molecule has 0 spiro atoms. The number of hydroxylamine groups is 2. The van der Waals surface area contributed by atoms with E-state index in [0.717, 1.165) is 41.6 Å². The average Bonchev–Trinajstić information content (AvgIpc) is 3.41. The molecule has 4 fully saturated rings. The van der Waals surface area contributed by atoms with Gasteiger partial charge in [-0.1, -0.05) is 76.6 Å². The number of rotatable bonds is 15. The van der Waals surface area contributed by atoms with Crippen molar-refractivity contribution in [1.29, 1.82) is 0 Å². The number of hydrogen-bond acceptors (Lipinski definition) is 8. The molecule has 9 heteroatoms. The predicted octanol–water partition coefficient (Wildman–Crippen LogP) is 5.34. The van der Waals surface area contributed by atoms with Crippen LogP contribution >= 0.6 is 0 Å². The third-order valence-electron chi connectivity index (χ3n) is 12.2. The third-order valence-corrected chi connectivity index (χ3v) is 12.2. The molecule has 3 aliphatic carbocycles. The summed E-state index contributed by atoms with van der Waals surface area (Å²) in [5.41, 5.74) is 4.47. The summed E-state index contributed by atoms with van der Waals surface area (Å²) >= 11 is 0. The molecule has 278 valence electrons. The van der Waals surface area contributed by atoms with Gasteiger partial charge in [0.25, 0.3) is 0 Å². The lowest BCUT2D eigenvalue weighted by molar-refractivity contribution is -0.183. The number of fused-ring (bicyclic) bond motifs is 2. The first-order valence-corrected chi connectivity index (χ1v) is 18.9. The maximum absolute atomic E-state index is 14.2. The monoisotopic (exact) mass is 692 g/mol. The first-order chi connectivity index (χ1) is 23.6. The maximum atomic E-state index is 14.2. The minimum absolute atomic E-state index is 0.0899. The van der Waals surface area contributed by atoms with Gasteiger partial charge in [-0.05, 0) is 93.5 Å². The Balaban J connectivity index is 1.37. The number of aliphatic hydroxyl groups excluding tert-OH is 2. The van der Waals surface area contributed by atoms with Crippen molar-refractivity contribution in [1.82, 2.24) is 20.2 Å². The van der Waals surface area contributed by atoms with Crippen LogP contribution in [0, 0.1) is 41.9 Å². The van der Waals surface area contributed by atoms with Crippen molar-refractivity contribution in [2.75, 3.05) is 27.2 Å². The topological polar surface area (TPSA) is 109 Å². The number of carbonyl (C=O) groups is 1. The Hall–Kier alpha value is -2.53. The number of aliphatic hydroxyl groups is 2. The second-order valence-electron chi connectivity index (χ2n) is 17.1. The van der Waals surface area contributed by atoms with Crippen molar-refractivity contribution < 1.29 is 25.0 Å². The van der Waals surface area contributed by atoms with Crippen LogP contribution in [0.15, 0.2) is 42.5 Å². The zero-order valence-electron chi connectivity index (χ0n) is 32.0. The molecular formula is C41H64N4O5. The fourth-order valence-corrected chi connectivity index (χ4v) is 9.40. The fourth-order valence-electron chi connectivity index (χ4n) is 9.40. The molecule has 6 rings (SSSR count). The molecule has 2 aromatic carbocycles. The Bertz CT molecular complexity index is 1440. The van der Waals surface area contributed by atoms with Crippen molar-refractivity contribution in [3.63, 3.8) is 0 Å². The van der Waals surface area contributed by atoms with Crippen LogP contribution in [-0.4, -0.2) is 93.7 Å². The zero-order chi connectivity index (χ0) is 36.5. The molecule has 2 bridgehead atoms. The molecule has 1 saturated heterocycles. The van der Waals surface area contributed by atoms with Crippen molar-refractivity contribution in [3.8, 4) is 5.75 Å². The maximum Gasteiger partial charge on any atom is 0.240 e. The van der Waals surface area contributed by atoms with Crippen LogP contribution in [0.1, 0.15) is 83.1 Å². The smallest absolute Gasteiger partial charge is 0.240 e. The summed E-state index contributed by atoms with van der Waals surface area (Å²) < 4.78 is 0. The van der Waals surface area contributed by atoms with E-state index < -0.39 is 24.2 Å². The summed E-state index contributed by atoms with van der Waals surface area (Å²) in [4.78, 5) is 25.1. The number of amides is 1. The second-order valence-corrected chi connectivity index (χ2v) is 17.1. The van der Waals surface area contributed by atoms with Gasteiger partial charge in [0, 0.05) is 43.2 Å². The number of likely N-dealkylation sites (N-methyl/N-ethyl adjacent to an activating group) is 1. The lowest BCUT2D eigenvalue weighted by Gasteiger charge is -2.62. The van der Waals surface area contributed by atoms with Gasteiger partial charge in [0.05, 0.1) is 19.3 Å². The molecule has 0 unspecified atom stereocenters. The molecule has 2 aromatic rings. The Morgan fingerprint density at radius 3 is 2.42 bits per heavy atom. The van der Waals surface area contributed by atoms with Crippen LogP contribution in [0.2, 0.25) is 0 Å². The number of carbonyl (C=O) groups excluding carboxylic acids is 1. The second kappa shape index (κ2) is 16.0. The van der Waals surface area contributed by atoms with Gasteiger partial charge in [0.2, 0.25) is 5.91 Å². The quantitative estimate of drug-likeness (QED) is 0.198. The standard InChI is InChI=1S/C41H64N4O5/c1-25(2)15-33(23-43(8)9)44(22-31-16-26(3)13-14-36(31)48)20-29-11-10-12-30(17-29)21-45-39(38(28(5)47)37(24-46)50-45)40(49)42-35-19-32-18-34(27(35)4)41(32,6)7/h10-14,16-17,25,27-28,32-35,37-39,46-48H,15,18-24H2,1-9H3,(H,42,49)/t27-,28-,32+,33-,34-,35-,37-,38+,39-/m0/s1. The molecule has 3 saturated carbocycles. The predicted molar refractivity (Wildman–Crippen MR) is 198 cm³/mol. The molecule has 4 aliphatic rings. The number of phenolic OH excluding ortho intramolecular Hbond substituents is 1. The van der Waals surface area contributed by atoms with Crippen LogP contribution < -0.4 is 5.32 Å². The molecule has 1 amide bonds. The Kier molecular flexibility index (Phi) is 12.4. The van der Waals surface area contributed by atoms with Crippen molar-refractivity contribution >= 4 is 5.91 Å². The van der Waals surface area contributed by atoms with Crippen LogP contribution in [0.5, 0.6) is 5.75 Å². The number of aryl methyl sites for hydroxylation is 1. The van der Waals surface area contributed by atoms with E-state index in [1.807, 2.05) is 12.1 Å². The number of hydrogen-bond donors (Lipinski definition) is 4. The van der Waals surface area contributed by atoms with Crippen LogP contribution in [0.4, 0.5) is 0 Å². The minimum Gasteiger partial charge on any atom is -0.508 e. The Morgan fingerprint density at radius 1 is 1.08 bits per heavy atom. The molecule has 0 aromatic heterocycles. The van der Waals surface area contributed by atoms with E-state index in [0.29, 0.717) is 54.5 Å². The highest BCUT2D eigenvalue weighted by Crippen LogP contribution is 2.61. The summed E-state index contributed by atoms with van der Waals surface area (Å²) in [6.45, 7) is 17.5. The molecule has 9 nitrogen and oxygen atoms in total. The summed E-state index contributed by atoms with van der Waals surface area (Å²) in [5.74, 6) is 1.70. The van der Waals surface area contributed by atoms with E-state index in [4.69, 9.17) is 4.84 Å². The normalized spacial score (nSPS) is 29.0. The van der Waals surface area contributed by atoms with Gasteiger partial charge in [0.1, 0.15) is 17.9 Å². The van der Waals surface area contributed by atoms with Gasteiger partial charge in [-0.25, -0.2) is 0 Å². The van der Waals surface area contributed by atoms with Gasteiger partial charge in [-0.3, -0.25) is 14.5 Å². The number of benzene rings is 2. The van der Waals surface area contributed by atoms with E-state index in [1.54, 1.807) is 18.1 Å². The fraction of sp³-hybridized carbons (Fsp3) is 0.683. The summed E-state index contributed by atoms with van der Waals surface area (Å²) in [6.07, 6.45) is 1.71. The highest BCUT2D eigenvalue weighted by atomic mass is 16.7. The lowest BCUT2D eigenvalue weighted by atomic mass is 9.45. The van der Waals surface area contributed by atoms with Gasteiger partial charge >= 0.3 is 0 Å². The molecule has 9 atom stereocenters. The van der Waals surface area contributed by atoms with Crippen LogP contribution in [-0.2, 0) is 29.3 Å². The number of aromatic hydroxyl groups is 1. The first kappa shape index (κ1) is 38.7. The van der Waals surface area contributed by atoms with Crippen molar-refractivity contribution in [2.45, 2.75) is 118 Å². The van der Waals surface area contributed by atoms with Gasteiger partial charge in [0.15, 0.2) is 0 Å².